The van der Waals surface area contributed by atoms with E-state index in [4.69, 9.17) is 0 Å². The third-order valence-corrected chi connectivity index (χ3v) is 3.70. The fraction of sp³-hybridized carbons (Fsp3) is 0.217. The van der Waals surface area contributed by atoms with Crippen LogP contribution in [0.15, 0.2) is 66.8 Å². The van der Waals surface area contributed by atoms with Gasteiger partial charge in [0.25, 0.3) is 0 Å². The summed E-state index contributed by atoms with van der Waals surface area (Å²) < 4.78 is 0. The summed E-state index contributed by atoms with van der Waals surface area (Å²) in [6, 6.07) is 17.4. The molecule has 4 rings (SSSR count). The summed E-state index contributed by atoms with van der Waals surface area (Å²) in [4.78, 5) is 2.14. The average molecular weight is 481 g/mol. The van der Waals surface area contributed by atoms with Crippen molar-refractivity contribution < 1.29 is 26.2 Å². The molecule has 0 saturated heterocycles. The number of anilines is 1. The van der Waals surface area contributed by atoms with Gasteiger partial charge in [-0.3, -0.25) is 6.08 Å². The predicted molar refractivity (Wildman–Crippen MR) is 123 cm³/mol. The molecule has 3 aromatic rings. The number of halogens is 2. The smallest absolute Gasteiger partial charge is 0.384 e. The first kappa shape index (κ1) is 28.3. The van der Waals surface area contributed by atoms with E-state index in [1.165, 1.54) is 27.2 Å². The zero-order chi connectivity index (χ0) is 17.4. The minimum Gasteiger partial charge on any atom is -0.384 e. The van der Waals surface area contributed by atoms with Gasteiger partial charge in [-0.2, -0.15) is 19.9 Å². The third kappa shape index (κ3) is 8.30. The van der Waals surface area contributed by atoms with Crippen molar-refractivity contribution in [2.24, 2.45) is 0 Å². The van der Waals surface area contributed by atoms with Gasteiger partial charge in [-0.25, -0.2) is 12.2 Å². The summed E-state index contributed by atoms with van der Waals surface area (Å²) in [6.45, 7) is 4.00. The Bertz CT molecular complexity index is 825. The topological polar surface area (TPSA) is 3.24 Å². The molecule has 1 nitrogen and oxygen atoms in total. The Morgan fingerprint density at radius 3 is 2.11 bits per heavy atom. The Kier molecular flexibility index (Phi) is 15.7. The zero-order valence-electron chi connectivity index (χ0n) is 16.4. The maximum Gasteiger partial charge on any atom is 3.00 e. The van der Waals surface area contributed by atoms with Crippen LogP contribution in [0, 0.1) is 12.5 Å². The Morgan fingerprint density at radius 2 is 1.59 bits per heavy atom. The van der Waals surface area contributed by atoms with Gasteiger partial charge in [-0.1, -0.05) is 36.4 Å². The second kappa shape index (κ2) is 15.0. The standard InChI is InChI=1S/C15H14N.C5H5.C3H7.2ClH.Zr/c1-16(2)13-7-8-15-12(10-13)9-11-5-3-4-6-14(11)15;1-2-4-5-3-1;1-3-2;;;/h3-10H,1-2H3;1-3H,4H2;3H,1-2H3;2*1H;/q3*-1;;;+3. The second-order valence-corrected chi connectivity index (χ2v) is 5.98. The van der Waals surface area contributed by atoms with E-state index in [2.05, 4.69) is 79.7 Å². The summed E-state index contributed by atoms with van der Waals surface area (Å²) in [5, 5.41) is 5.35. The Hall–Kier alpha value is -0.947. The van der Waals surface area contributed by atoms with Crippen LogP contribution < -0.4 is 4.90 Å². The molecule has 0 unspecified atom stereocenters. The van der Waals surface area contributed by atoms with E-state index in [0.717, 1.165) is 6.42 Å². The van der Waals surface area contributed by atoms with Gasteiger partial charge >= 0.3 is 26.2 Å². The maximum atomic E-state index is 2.99. The van der Waals surface area contributed by atoms with Crippen LogP contribution in [-0.2, 0) is 26.2 Å². The van der Waals surface area contributed by atoms with Crippen molar-refractivity contribution in [3.8, 4) is 0 Å². The molecule has 1 aliphatic carbocycles. The van der Waals surface area contributed by atoms with Crippen LogP contribution in [0.2, 0.25) is 0 Å². The van der Waals surface area contributed by atoms with Gasteiger partial charge in [0.15, 0.2) is 0 Å². The molecule has 0 aliphatic heterocycles. The molecule has 1 radical (unpaired) electrons. The summed E-state index contributed by atoms with van der Waals surface area (Å²) in [7, 11) is 4.15. The molecule has 0 fully saturated rings. The van der Waals surface area contributed by atoms with Gasteiger partial charge in [0.05, 0.1) is 0 Å². The first-order valence-corrected chi connectivity index (χ1v) is 8.38. The molecule has 0 N–H and O–H groups in total. The van der Waals surface area contributed by atoms with Gasteiger partial charge in [0, 0.05) is 19.8 Å². The minimum absolute atomic E-state index is 0. The van der Waals surface area contributed by atoms with E-state index in [1.807, 2.05) is 32.4 Å². The molecule has 0 saturated carbocycles. The molecule has 0 aromatic heterocycles. The van der Waals surface area contributed by atoms with Crippen LogP contribution >= 0.6 is 24.8 Å². The zero-order valence-corrected chi connectivity index (χ0v) is 20.5. The number of nitrogens with zero attached hydrogens (tertiary/aromatic N) is 1. The van der Waals surface area contributed by atoms with Crippen LogP contribution in [0.3, 0.4) is 0 Å². The molecular formula is C23H28Cl2NZr. The Labute approximate surface area is 195 Å². The number of hydrogen-bond acceptors (Lipinski definition) is 1. The van der Waals surface area contributed by atoms with Crippen LogP contribution in [0.25, 0.3) is 21.5 Å². The largest absolute Gasteiger partial charge is 3.00 e. The van der Waals surface area contributed by atoms with E-state index in [1.54, 1.807) is 0 Å². The van der Waals surface area contributed by atoms with Gasteiger partial charge in [0.2, 0.25) is 0 Å². The van der Waals surface area contributed by atoms with Crippen LogP contribution in [-0.4, -0.2) is 14.1 Å². The molecule has 0 heterocycles. The van der Waals surface area contributed by atoms with Crippen molar-refractivity contribution in [3.63, 3.8) is 0 Å². The third-order valence-electron chi connectivity index (χ3n) is 3.70. The minimum atomic E-state index is 0. The molecule has 27 heavy (non-hydrogen) atoms. The first-order valence-electron chi connectivity index (χ1n) is 8.38. The van der Waals surface area contributed by atoms with E-state index < -0.39 is 0 Å². The molecule has 4 heteroatoms. The average Bonchev–Trinajstić information content (AvgIpc) is 3.26. The molecule has 0 amide bonds. The van der Waals surface area contributed by atoms with Gasteiger partial charge in [0.1, 0.15) is 0 Å². The number of benzene rings is 2. The summed E-state index contributed by atoms with van der Waals surface area (Å²) in [6.07, 6.45) is 12.0. The quantitative estimate of drug-likeness (QED) is 0.334. The van der Waals surface area contributed by atoms with Crippen molar-refractivity contribution in [1.82, 2.24) is 0 Å². The molecule has 0 bridgehead atoms. The number of hydrogen-bond donors (Lipinski definition) is 0. The normalized spacial score (nSPS) is 10.5. The van der Waals surface area contributed by atoms with Crippen molar-refractivity contribution >= 4 is 52.0 Å². The summed E-state index contributed by atoms with van der Waals surface area (Å²) >= 11 is 0. The number of fused-ring (bicyclic) bond motifs is 3. The van der Waals surface area contributed by atoms with Crippen molar-refractivity contribution in [1.29, 1.82) is 0 Å². The van der Waals surface area contributed by atoms with Crippen LogP contribution in [0.4, 0.5) is 5.69 Å². The number of rotatable bonds is 1. The van der Waals surface area contributed by atoms with Crippen molar-refractivity contribution in [3.05, 3.63) is 79.3 Å². The van der Waals surface area contributed by atoms with E-state index in [9.17, 15) is 0 Å². The van der Waals surface area contributed by atoms with E-state index in [0.29, 0.717) is 0 Å². The van der Waals surface area contributed by atoms with Crippen molar-refractivity contribution in [2.75, 3.05) is 19.0 Å². The SMILES string of the molecule is CN(C)c1ccc2c(c1)[cH-]c1ccccc12.C[CH-]C.Cl.Cl.[C-]1=CC=CC1.[Zr+3]. The predicted octanol–water partition coefficient (Wildman–Crippen LogP) is 7.16. The molecule has 0 spiro atoms. The van der Waals surface area contributed by atoms with Crippen LogP contribution in [0.1, 0.15) is 20.3 Å². The molecule has 3 aromatic carbocycles. The number of allylic oxidation sites excluding steroid dienone is 4. The Morgan fingerprint density at radius 1 is 0.963 bits per heavy atom. The summed E-state index contributed by atoms with van der Waals surface area (Å²) in [5.74, 6) is 0. The maximum absolute atomic E-state index is 2.99. The van der Waals surface area contributed by atoms with E-state index in [-0.39, 0.29) is 51.0 Å². The monoisotopic (exact) mass is 478 g/mol. The molecular weight excluding hydrogens is 452 g/mol. The van der Waals surface area contributed by atoms with Gasteiger partial charge in [-0.15, -0.1) is 64.9 Å². The molecule has 1 aliphatic rings. The second-order valence-electron chi connectivity index (χ2n) is 5.98. The molecule has 0 atom stereocenters. The molecule has 143 valence electrons. The van der Waals surface area contributed by atoms with Gasteiger partial charge in [-0.05, 0) is 0 Å². The van der Waals surface area contributed by atoms with Gasteiger partial charge < -0.3 is 11.3 Å². The van der Waals surface area contributed by atoms with Crippen molar-refractivity contribution in [2.45, 2.75) is 20.3 Å². The fourth-order valence-corrected chi connectivity index (χ4v) is 2.57. The fourth-order valence-electron chi connectivity index (χ4n) is 2.57. The van der Waals surface area contributed by atoms with E-state index >= 15 is 0 Å². The first-order chi connectivity index (χ1) is 11.7. The van der Waals surface area contributed by atoms with Crippen LogP contribution in [0.5, 0.6) is 0 Å². The Balaban J connectivity index is 0. The summed E-state index contributed by atoms with van der Waals surface area (Å²) in [5.41, 5.74) is 1.25.